The van der Waals surface area contributed by atoms with Gasteiger partial charge in [0.25, 0.3) is 6.43 Å². The van der Waals surface area contributed by atoms with Gasteiger partial charge in [-0.05, 0) is 23.8 Å². The quantitative estimate of drug-likeness (QED) is 0.840. The molecule has 8 heteroatoms. The van der Waals surface area contributed by atoms with Gasteiger partial charge in [-0.15, -0.1) is 24.8 Å². The van der Waals surface area contributed by atoms with Crippen LogP contribution < -0.4 is 5.32 Å². The molecule has 0 bridgehead atoms. The lowest BCUT2D eigenvalue weighted by atomic mass is 10.0. The first kappa shape index (κ1) is 20.0. The van der Waals surface area contributed by atoms with Gasteiger partial charge in [-0.25, -0.2) is 13.2 Å². The second-order valence-corrected chi connectivity index (χ2v) is 5.18. The van der Waals surface area contributed by atoms with Crippen LogP contribution in [-0.2, 0) is 0 Å². The minimum atomic E-state index is -2.53. The fourth-order valence-electron chi connectivity index (χ4n) is 2.22. The Kier molecular flexibility index (Phi) is 9.09. The molecule has 1 aromatic rings. The van der Waals surface area contributed by atoms with Crippen LogP contribution in [-0.4, -0.2) is 37.5 Å². The lowest BCUT2D eigenvalue weighted by Gasteiger charge is -2.34. The van der Waals surface area contributed by atoms with Crippen molar-refractivity contribution in [1.82, 2.24) is 10.2 Å². The van der Waals surface area contributed by atoms with Crippen LogP contribution >= 0.6 is 40.7 Å². The Morgan fingerprint density at radius 1 is 1.10 bits per heavy atom. The van der Waals surface area contributed by atoms with Gasteiger partial charge in [0.2, 0.25) is 0 Å². The van der Waals surface area contributed by atoms with Crippen molar-refractivity contribution in [3.63, 3.8) is 0 Å². The minimum absolute atomic E-state index is 0. The Morgan fingerprint density at radius 2 is 1.70 bits per heavy atom. The van der Waals surface area contributed by atoms with Crippen molar-refractivity contribution in [2.75, 3.05) is 26.2 Å². The lowest BCUT2D eigenvalue weighted by Crippen LogP contribution is -2.46. The molecule has 0 spiro atoms. The van der Waals surface area contributed by atoms with Crippen LogP contribution in [0.1, 0.15) is 11.6 Å². The summed E-state index contributed by atoms with van der Waals surface area (Å²) in [5.74, 6) is -0.500. The zero-order valence-corrected chi connectivity index (χ0v) is 13.7. The second kappa shape index (κ2) is 9.10. The highest BCUT2D eigenvalue weighted by Gasteiger charge is 2.30. The first-order chi connectivity index (χ1) is 8.58. The van der Waals surface area contributed by atoms with Gasteiger partial charge >= 0.3 is 0 Å². The molecular formula is C12H16BrCl2F3N2. The highest BCUT2D eigenvalue weighted by Crippen LogP contribution is 2.30. The monoisotopic (exact) mass is 394 g/mol. The molecule has 20 heavy (non-hydrogen) atoms. The number of alkyl halides is 2. The maximum atomic E-state index is 13.3. The van der Waals surface area contributed by atoms with E-state index < -0.39 is 18.3 Å². The van der Waals surface area contributed by atoms with E-state index in [0.29, 0.717) is 36.2 Å². The first-order valence-electron chi connectivity index (χ1n) is 5.77. The molecule has 1 saturated heterocycles. The number of piperazine rings is 1. The summed E-state index contributed by atoms with van der Waals surface area (Å²) >= 11 is 3.14. The Balaban J connectivity index is 0.00000180. The van der Waals surface area contributed by atoms with E-state index in [-0.39, 0.29) is 24.8 Å². The SMILES string of the molecule is Cl.Cl.Fc1cc(Br)cc([C@@H](C(F)F)N2CCNCC2)c1. The van der Waals surface area contributed by atoms with Crippen LogP contribution in [0.3, 0.4) is 0 Å². The third kappa shape index (κ3) is 5.07. The second-order valence-electron chi connectivity index (χ2n) is 4.27. The highest BCUT2D eigenvalue weighted by atomic mass is 79.9. The van der Waals surface area contributed by atoms with Gasteiger partial charge < -0.3 is 5.32 Å². The van der Waals surface area contributed by atoms with Gasteiger partial charge in [0.15, 0.2) is 0 Å². The van der Waals surface area contributed by atoms with E-state index in [1.807, 2.05) is 0 Å². The predicted octanol–water partition coefficient (Wildman–Crippen LogP) is 3.64. The Hall–Kier alpha value is -0.0100. The van der Waals surface area contributed by atoms with Crippen molar-refractivity contribution in [3.05, 3.63) is 34.1 Å². The van der Waals surface area contributed by atoms with Gasteiger partial charge in [-0.1, -0.05) is 15.9 Å². The molecule has 1 N–H and O–H groups in total. The molecule has 2 nitrogen and oxygen atoms in total. The summed E-state index contributed by atoms with van der Waals surface area (Å²) < 4.78 is 40.3. The lowest BCUT2D eigenvalue weighted by molar-refractivity contribution is 0.0180. The zero-order valence-electron chi connectivity index (χ0n) is 10.5. The molecule has 2 rings (SSSR count). The third-order valence-electron chi connectivity index (χ3n) is 3.01. The number of hydrogen-bond acceptors (Lipinski definition) is 2. The summed E-state index contributed by atoms with van der Waals surface area (Å²) in [5.41, 5.74) is 0.318. The maximum absolute atomic E-state index is 13.3. The summed E-state index contributed by atoms with van der Waals surface area (Å²) in [5, 5.41) is 3.11. The molecule has 0 radical (unpaired) electrons. The summed E-state index contributed by atoms with van der Waals surface area (Å²) in [6, 6.07) is 2.97. The standard InChI is InChI=1S/C12H14BrF3N2.2ClH/c13-9-5-8(6-10(14)7-9)11(12(15)16)18-3-1-17-2-4-18;;/h5-7,11-12,17H,1-4H2;2*1H/t11-;;/m0../s1. The van der Waals surface area contributed by atoms with Crippen molar-refractivity contribution in [2.45, 2.75) is 12.5 Å². The fourth-order valence-corrected chi connectivity index (χ4v) is 2.70. The number of benzene rings is 1. The van der Waals surface area contributed by atoms with E-state index in [9.17, 15) is 13.2 Å². The maximum Gasteiger partial charge on any atom is 0.258 e. The molecule has 1 atom stereocenters. The van der Waals surface area contributed by atoms with Crippen LogP contribution in [0, 0.1) is 5.82 Å². The highest BCUT2D eigenvalue weighted by molar-refractivity contribution is 9.10. The topological polar surface area (TPSA) is 15.3 Å². The van der Waals surface area contributed by atoms with E-state index in [0.717, 1.165) is 0 Å². The predicted molar refractivity (Wildman–Crippen MR) is 81.8 cm³/mol. The van der Waals surface area contributed by atoms with E-state index in [2.05, 4.69) is 21.2 Å². The van der Waals surface area contributed by atoms with Gasteiger partial charge in [0.05, 0.1) is 6.04 Å². The largest absolute Gasteiger partial charge is 0.314 e. The van der Waals surface area contributed by atoms with Crippen LogP contribution in [0.4, 0.5) is 13.2 Å². The molecule has 0 unspecified atom stereocenters. The number of nitrogens with one attached hydrogen (secondary N) is 1. The van der Waals surface area contributed by atoms with E-state index in [4.69, 9.17) is 0 Å². The van der Waals surface area contributed by atoms with E-state index in [1.54, 1.807) is 11.0 Å². The van der Waals surface area contributed by atoms with Gasteiger partial charge in [-0.2, -0.15) is 0 Å². The molecule has 1 fully saturated rings. The fraction of sp³-hybridized carbons (Fsp3) is 0.500. The van der Waals surface area contributed by atoms with Crippen molar-refractivity contribution in [2.24, 2.45) is 0 Å². The van der Waals surface area contributed by atoms with Crippen LogP contribution in [0.5, 0.6) is 0 Å². The Labute approximate surface area is 137 Å². The molecule has 1 aromatic carbocycles. The van der Waals surface area contributed by atoms with Gasteiger partial charge in [0, 0.05) is 30.7 Å². The van der Waals surface area contributed by atoms with Crippen molar-refractivity contribution in [3.8, 4) is 0 Å². The van der Waals surface area contributed by atoms with Crippen LogP contribution in [0.25, 0.3) is 0 Å². The van der Waals surface area contributed by atoms with Crippen molar-refractivity contribution in [1.29, 1.82) is 0 Å². The summed E-state index contributed by atoms with van der Waals surface area (Å²) in [7, 11) is 0. The van der Waals surface area contributed by atoms with Crippen molar-refractivity contribution >= 4 is 40.7 Å². The normalized spacial score (nSPS) is 17.2. The molecule has 1 aliphatic rings. The number of rotatable bonds is 3. The van der Waals surface area contributed by atoms with E-state index in [1.165, 1.54) is 12.1 Å². The Bertz CT molecular complexity index is 397. The molecule has 0 aliphatic carbocycles. The summed E-state index contributed by atoms with van der Waals surface area (Å²) in [4.78, 5) is 1.70. The minimum Gasteiger partial charge on any atom is -0.314 e. The molecule has 1 aliphatic heterocycles. The van der Waals surface area contributed by atoms with Gasteiger partial charge in [0.1, 0.15) is 5.82 Å². The zero-order chi connectivity index (χ0) is 13.1. The third-order valence-corrected chi connectivity index (χ3v) is 3.47. The number of halogens is 6. The van der Waals surface area contributed by atoms with Crippen molar-refractivity contribution < 1.29 is 13.2 Å². The Morgan fingerprint density at radius 3 is 2.20 bits per heavy atom. The average molecular weight is 396 g/mol. The molecule has 0 aromatic heterocycles. The molecule has 1 heterocycles. The first-order valence-corrected chi connectivity index (χ1v) is 6.56. The smallest absolute Gasteiger partial charge is 0.258 e. The molecule has 116 valence electrons. The van der Waals surface area contributed by atoms with E-state index >= 15 is 0 Å². The van der Waals surface area contributed by atoms with Crippen LogP contribution in [0.2, 0.25) is 0 Å². The average Bonchev–Trinajstić information content (AvgIpc) is 2.28. The summed E-state index contributed by atoms with van der Waals surface area (Å²) in [6.45, 7) is 2.45. The summed E-state index contributed by atoms with van der Waals surface area (Å²) in [6.07, 6.45) is -2.53. The van der Waals surface area contributed by atoms with Crippen LogP contribution in [0.15, 0.2) is 22.7 Å². The molecule has 0 saturated carbocycles. The number of hydrogen-bond donors (Lipinski definition) is 1. The van der Waals surface area contributed by atoms with Gasteiger partial charge in [-0.3, -0.25) is 4.90 Å². The number of nitrogens with zero attached hydrogens (tertiary/aromatic N) is 1. The molecular weight excluding hydrogens is 380 g/mol. The molecule has 0 amide bonds.